The quantitative estimate of drug-likeness (QED) is 0.369. The third-order valence-corrected chi connectivity index (χ3v) is 5.74. The van der Waals surface area contributed by atoms with Crippen LogP contribution in [0.2, 0.25) is 0 Å². The monoisotopic (exact) mass is 484 g/mol. The van der Waals surface area contributed by atoms with Crippen molar-refractivity contribution in [2.24, 2.45) is 0 Å². The second-order valence-corrected chi connectivity index (χ2v) is 8.34. The summed E-state index contributed by atoms with van der Waals surface area (Å²) < 4.78 is 16.6. The van der Waals surface area contributed by atoms with E-state index >= 15 is 0 Å². The average molecular weight is 485 g/mol. The zero-order chi connectivity index (χ0) is 25.6. The van der Waals surface area contributed by atoms with Crippen LogP contribution in [0.5, 0.6) is 17.2 Å². The molecule has 0 radical (unpaired) electrons. The first-order valence-corrected chi connectivity index (χ1v) is 12.5. The van der Waals surface area contributed by atoms with Crippen LogP contribution >= 0.6 is 0 Å². The number of ether oxygens (including phenoxy) is 3. The van der Waals surface area contributed by atoms with Gasteiger partial charge >= 0.3 is 0 Å². The normalized spacial score (nSPS) is 11.5. The van der Waals surface area contributed by atoms with Crippen LogP contribution in [0.1, 0.15) is 58.1 Å². The third-order valence-electron chi connectivity index (χ3n) is 5.74. The highest BCUT2D eigenvalue weighted by molar-refractivity contribution is 5.87. The van der Waals surface area contributed by atoms with Gasteiger partial charge in [0, 0.05) is 19.5 Å². The number of benzene rings is 2. The minimum Gasteiger partial charge on any atom is -0.497 e. The van der Waals surface area contributed by atoms with E-state index in [1.165, 1.54) is 0 Å². The molecule has 0 aromatic heterocycles. The van der Waals surface area contributed by atoms with E-state index in [1.807, 2.05) is 56.3 Å². The fourth-order valence-electron chi connectivity index (χ4n) is 3.69. The number of hydrogen-bond donors (Lipinski definition) is 1. The molecule has 0 saturated carbocycles. The zero-order valence-corrected chi connectivity index (χ0v) is 21.8. The Morgan fingerprint density at radius 1 is 0.943 bits per heavy atom. The summed E-state index contributed by atoms with van der Waals surface area (Å²) in [4.78, 5) is 27.8. The molecule has 2 aromatic rings. The molecule has 0 aliphatic carbocycles. The Balaban J connectivity index is 2.15. The summed E-state index contributed by atoms with van der Waals surface area (Å²) in [5.74, 6) is 1.91. The van der Waals surface area contributed by atoms with Crippen LogP contribution in [0.15, 0.2) is 42.5 Å². The highest BCUT2D eigenvalue weighted by atomic mass is 16.5. The molecule has 2 rings (SSSR count). The van der Waals surface area contributed by atoms with Crippen molar-refractivity contribution < 1.29 is 23.8 Å². The van der Waals surface area contributed by atoms with Crippen LogP contribution in [0, 0.1) is 0 Å². The van der Waals surface area contributed by atoms with Crippen molar-refractivity contribution in [2.45, 2.75) is 66.0 Å². The Kier molecular flexibility index (Phi) is 11.9. The van der Waals surface area contributed by atoms with E-state index in [2.05, 4.69) is 12.2 Å². The van der Waals surface area contributed by atoms with E-state index in [0.717, 1.165) is 29.7 Å². The minimum atomic E-state index is -0.583. The summed E-state index contributed by atoms with van der Waals surface area (Å²) >= 11 is 0. The van der Waals surface area contributed by atoms with Crippen LogP contribution < -0.4 is 19.5 Å². The Bertz CT molecular complexity index is 929. The highest BCUT2D eigenvalue weighted by Crippen LogP contribution is 2.29. The molecule has 0 aliphatic rings. The number of hydrogen-bond acceptors (Lipinski definition) is 5. The van der Waals surface area contributed by atoms with Crippen LogP contribution in [-0.4, -0.2) is 49.6 Å². The number of methoxy groups -OCH3 is 1. The lowest BCUT2D eigenvalue weighted by Gasteiger charge is -2.29. The topological polar surface area (TPSA) is 77.1 Å². The number of carbonyl (C=O) groups excluding carboxylic acids is 2. The van der Waals surface area contributed by atoms with Crippen molar-refractivity contribution in [2.75, 3.05) is 26.9 Å². The molecule has 2 aromatic carbocycles. The van der Waals surface area contributed by atoms with Gasteiger partial charge in [0.05, 0.1) is 20.3 Å². The molecule has 192 valence electrons. The van der Waals surface area contributed by atoms with Gasteiger partial charge in [-0.25, -0.2) is 0 Å². The molecule has 7 heteroatoms. The maximum atomic E-state index is 13.4. The molecule has 0 fully saturated rings. The van der Waals surface area contributed by atoms with Gasteiger partial charge in [-0.1, -0.05) is 31.5 Å². The van der Waals surface area contributed by atoms with Gasteiger partial charge in [0.15, 0.2) is 11.5 Å². The van der Waals surface area contributed by atoms with Crippen LogP contribution in [0.3, 0.4) is 0 Å². The number of nitrogens with zero attached hydrogens (tertiary/aromatic N) is 1. The van der Waals surface area contributed by atoms with E-state index < -0.39 is 6.04 Å². The van der Waals surface area contributed by atoms with Gasteiger partial charge in [0.2, 0.25) is 11.8 Å². The van der Waals surface area contributed by atoms with Crippen molar-refractivity contribution in [3.05, 3.63) is 53.6 Å². The van der Waals surface area contributed by atoms with Gasteiger partial charge in [-0.2, -0.15) is 0 Å². The molecular weight excluding hydrogens is 444 g/mol. The first-order chi connectivity index (χ1) is 16.9. The molecule has 0 unspecified atom stereocenters. The van der Waals surface area contributed by atoms with Crippen molar-refractivity contribution in [1.82, 2.24) is 10.2 Å². The molecule has 7 nitrogen and oxygen atoms in total. The van der Waals surface area contributed by atoms with Gasteiger partial charge in [0.1, 0.15) is 11.8 Å². The number of rotatable bonds is 15. The maximum absolute atomic E-state index is 13.4. The predicted octanol–water partition coefficient (Wildman–Crippen LogP) is 4.76. The fourth-order valence-corrected chi connectivity index (χ4v) is 3.69. The van der Waals surface area contributed by atoms with Gasteiger partial charge in [-0.3, -0.25) is 9.59 Å². The number of carbonyl (C=O) groups is 2. The molecule has 0 saturated heterocycles. The SMILES string of the molecule is CCCCNC(=O)[C@H](C)N(Cc1ccc(OC)cc1)C(=O)CCc1ccc(OCC)c(OCC)c1. The summed E-state index contributed by atoms with van der Waals surface area (Å²) in [5.41, 5.74) is 1.92. The first kappa shape index (κ1) is 28.0. The van der Waals surface area contributed by atoms with Crippen LogP contribution in [0.4, 0.5) is 0 Å². The lowest BCUT2D eigenvalue weighted by atomic mass is 10.1. The summed E-state index contributed by atoms with van der Waals surface area (Å²) in [7, 11) is 1.62. The minimum absolute atomic E-state index is 0.0780. The summed E-state index contributed by atoms with van der Waals surface area (Å²) in [6.45, 7) is 9.75. The number of amides is 2. The molecule has 0 aliphatic heterocycles. The van der Waals surface area contributed by atoms with Gasteiger partial charge in [-0.05, 0) is 69.0 Å². The smallest absolute Gasteiger partial charge is 0.242 e. The van der Waals surface area contributed by atoms with Gasteiger partial charge in [0.25, 0.3) is 0 Å². The highest BCUT2D eigenvalue weighted by Gasteiger charge is 2.26. The van der Waals surface area contributed by atoms with E-state index in [-0.39, 0.29) is 18.2 Å². The van der Waals surface area contributed by atoms with Crippen LogP contribution in [-0.2, 0) is 22.6 Å². The number of unbranched alkanes of at least 4 members (excludes halogenated alkanes) is 1. The van der Waals surface area contributed by atoms with Gasteiger partial charge in [-0.15, -0.1) is 0 Å². The van der Waals surface area contributed by atoms with E-state index in [9.17, 15) is 9.59 Å². The molecule has 0 bridgehead atoms. The average Bonchev–Trinajstić information content (AvgIpc) is 2.87. The largest absolute Gasteiger partial charge is 0.497 e. The molecule has 35 heavy (non-hydrogen) atoms. The zero-order valence-electron chi connectivity index (χ0n) is 21.8. The Hall–Kier alpha value is -3.22. The second-order valence-electron chi connectivity index (χ2n) is 8.34. The maximum Gasteiger partial charge on any atom is 0.242 e. The molecule has 0 spiro atoms. The Morgan fingerprint density at radius 3 is 2.23 bits per heavy atom. The standard InChI is InChI=1S/C28H40N2O5/c1-6-9-18-29-28(32)21(4)30(20-23-10-14-24(33-5)15-11-23)27(31)17-13-22-12-16-25(34-7-2)26(19-22)35-8-3/h10-12,14-16,19,21H,6-9,13,17-18,20H2,1-5H3,(H,29,32)/t21-/m0/s1. The van der Waals surface area contributed by atoms with E-state index in [1.54, 1.807) is 18.9 Å². The van der Waals surface area contributed by atoms with Crippen molar-refractivity contribution in [1.29, 1.82) is 0 Å². The van der Waals surface area contributed by atoms with Crippen molar-refractivity contribution in [3.63, 3.8) is 0 Å². The fraction of sp³-hybridized carbons (Fsp3) is 0.500. The molecule has 1 N–H and O–H groups in total. The van der Waals surface area contributed by atoms with Crippen molar-refractivity contribution in [3.8, 4) is 17.2 Å². The first-order valence-electron chi connectivity index (χ1n) is 12.5. The summed E-state index contributed by atoms with van der Waals surface area (Å²) in [6.07, 6.45) is 2.72. The molecular formula is C28H40N2O5. The Labute approximate surface area is 209 Å². The van der Waals surface area contributed by atoms with E-state index in [4.69, 9.17) is 14.2 Å². The third kappa shape index (κ3) is 8.81. The molecule has 2 amide bonds. The van der Waals surface area contributed by atoms with Crippen LogP contribution in [0.25, 0.3) is 0 Å². The summed E-state index contributed by atoms with van der Waals surface area (Å²) in [5, 5.41) is 2.95. The van der Waals surface area contributed by atoms with Gasteiger partial charge < -0.3 is 24.4 Å². The number of nitrogens with one attached hydrogen (secondary N) is 1. The van der Waals surface area contributed by atoms with E-state index in [0.29, 0.717) is 44.2 Å². The Morgan fingerprint density at radius 2 is 1.60 bits per heavy atom. The molecule has 0 heterocycles. The lowest BCUT2D eigenvalue weighted by molar-refractivity contribution is -0.140. The predicted molar refractivity (Wildman–Crippen MR) is 138 cm³/mol. The summed E-state index contributed by atoms with van der Waals surface area (Å²) in [6, 6.07) is 12.7. The van der Waals surface area contributed by atoms with Crippen molar-refractivity contribution >= 4 is 11.8 Å². The number of aryl methyl sites for hydroxylation is 1. The molecule has 1 atom stereocenters. The second kappa shape index (κ2) is 14.9. The lowest BCUT2D eigenvalue weighted by Crippen LogP contribution is -2.47.